The molecule has 7 nitrogen and oxygen atoms in total. The second kappa shape index (κ2) is 9.55. The number of benzene rings is 1. The number of methoxy groups -OCH3 is 3. The third kappa shape index (κ3) is 4.14. The zero-order valence-electron chi connectivity index (χ0n) is 18.6. The molecule has 0 bridgehead atoms. The number of aromatic nitrogens is 1. The molecule has 32 heavy (non-hydrogen) atoms. The summed E-state index contributed by atoms with van der Waals surface area (Å²) in [6.07, 6.45) is 2.46. The summed E-state index contributed by atoms with van der Waals surface area (Å²) in [5, 5.41) is 10.9. The summed E-state index contributed by atoms with van der Waals surface area (Å²) < 4.78 is 22.2. The van der Waals surface area contributed by atoms with Crippen LogP contribution in [0.15, 0.2) is 40.0 Å². The number of likely N-dealkylation sites (N-methyl/N-ethyl adjacent to an activating group) is 1. The summed E-state index contributed by atoms with van der Waals surface area (Å²) in [5.74, 6) is 3.19. The Bertz CT molecular complexity index is 1160. The van der Waals surface area contributed by atoms with Crippen molar-refractivity contribution in [3.63, 3.8) is 0 Å². The van der Waals surface area contributed by atoms with E-state index in [1.807, 2.05) is 18.2 Å². The lowest BCUT2D eigenvalue weighted by Crippen LogP contribution is -2.28. The fourth-order valence-electron chi connectivity index (χ4n) is 3.94. The van der Waals surface area contributed by atoms with Gasteiger partial charge in [0.15, 0.2) is 11.5 Å². The van der Waals surface area contributed by atoms with E-state index in [0.29, 0.717) is 40.1 Å². The number of rotatable bonds is 7. The minimum atomic E-state index is 0.529. The van der Waals surface area contributed by atoms with Crippen molar-refractivity contribution >= 4 is 11.8 Å². The molecule has 8 heteroatoms. The first-order valence-electron chi connectivity index (χ1n) is 10.2. The van der Waals surface area contributed by atoms with Crippen LogP contribution in [0.3, 0.4) is 0 Å². The fraction of sp³-hybridized carbons (Fsp3) is 0.333. The summed E-state index contributed by atoms with van der Waals surface area (Å²) in [4.78, 5) is 7.14. The van der Waals surface area contributed by atoms with Crippen LogP contribution in [-0.4, -0.2) is 44.8 Å². The minimum Gasteiger partial charge on any atom is -0.496 e. The van der Waals surface area contributed by atoms with Gasteiger partial charge in [0.2, 0.25) is 0 Å². The molecule has 1 aromatic carbocycles. The average Bonchev–Trinajstić information content (AvgIpc) is 3.34. The van der Waals surface area contributed by atoms with Gasteiger partial charge in [0.25, 0.3) is 0 Å². The molecule has 1 aliphatic heterocycles. The molecule has 0 saturated carbocycles. The van der Waals surface area contributed by atoms with E-state index in [4.69, 9.17) is 23.6 Å². The van der Waals surface area contributed by atoms with E-state index >= 15 is 0 Å². The van der Waals surface area contributed by atoms with Crippen LogP contribution in [-0.2, 0) is 18.7 Å². The van der Waals surface area contributed by atoms with E-state index < -0.39 is 0 Å². The van der Waals surface area contributed by atoms with E-state index in [1.54, 1.807) is 33.7 Å². The van der Waals surface area contributed by atoms with Crippen molar-refractivity contribution in [2.24, 2.45) is 0 Å². The number of ether oxygens (including phenoxy) is 3. The van der Waals surface area contributed by atoms with Gasteiger partial charge in [-0.05, 0) is 30.8 Å². The van der Waals surface area contributed by atoms with Gasteiger partial charge in [0.05, 0.1) is 38.9 Å². The lowest BCUT2D eigenvalue weighted by molar-refractivity contribution is 0.309. The summed E-state index contributed by atoms with van der Waals surface area (Å²) in [7, 11) is 6.87. The number of pyridine rings is 1. The number of thioether (sulfide) groups is 1. The Morgan fingerprint density at radius 3 is 2.56 bits per heavy atom. The van der Waals surface area contributed by atoms with Crippen molar-refractivity contribution in [2.45, 2.75) is 23.7 Å². The highest BCUT2D eigenvalue weighted by Gasteiger charge is 2.28. The van der Waals surface area contributed by atoms with Crippen molar-refractivity contribution in [1.29, 1.82) is 5.26 Å². The van der Waals surface area contributed by atoms with Gasteiger partial charge in [0, 0.05) is 42.4 Å². The SMILES string of the molecule is COc1cc(OC)c(-c2c(C#N)c(SCc3ccco3)nc3c2CN(C)CC3)cc1OC. The predicted octanol–water partition coefficient (Wildman–Crippen LogP) is 4.52. The van der Waals surface area contributed by atoms with Crippen LogP contribution in [0.25, 0.3) is 11.1 Å². The number of nitriles is 1. The Morgan fingerprint density at radius 1 is 1.16 bits per heavy atom. The fourth-order valence-corrected chi connectivity index (χ4v) is 4.85. The highest BCUT2D eigenvalue weighted by molar-refractivity contribution is 7.98. The first-order chi connectivity index (χ1) is 15.6. The number of hydrogen-bond donors (Lipinski definition) is 0. The van der Waals surface area contributed by atoms with Crippen molar-refractivity contribution in [1.82, 2.24) is 9.88 Å². The van der Waals surface area contributed by atoms with Gasteiger partial charge in [-0.25, -0.2) is 4.98 Å². The molecule has 0 radical (unpaired) electrons. The Labute approximate surface area is 191 Å². The maximum absolute atomic E-state index is 10.2. The lowest BCUT2D eigenvalue weighted by atomic mass is 9.91. The average molecular weight is 452 g/mol. The molecule has 0 saturated heterocycles. The molecule has 4 rings (SSSR count). The highest BCUT2D eigenvalue weighted by Crippen LogP contribution is 2.45. The lowest BCUT2D eigenvalue weighted by Gasteiger charge is -2.28. The summed E-state index contributed by atoms with van der Waals surface area (Å²) in [6, 6.07) is 9.87. The number of fused-ring (bicyclic) bond motifs is 1. The summed E-state index contributed by atoms with van der Waals surface area (Å²) in [5.41, 5.74) is 4.21. The Balaban J connectivity index is 1.94. The zero-order chi connectivity index (χ0) is 22.7. The van der Waals surface area contributed by atoms with Crippen LogP contribution in [0.4, 0.5) is 0 Å². The van der Waals surface area contributed by atoms with Crippen LogP contribution >= 0.6 is 11.8 Å². The first-order valence-corrected chi connectivity index (χ1v) is 11.2. The van der Waals surface area contributed by atoms with E-state index in [0.717, 1.165) is 41.1 Å². The topological polar surface area (TPSA) is 80.8 Å². The quantitative estimate of drug-likeness (QED) is 0.485. The third-order valence-corrected chi connectivity index (χ3v) is 6.52. The molecule has 0 atom stereocenters. The van der Waals surface area contributed by atoms with Crippen molar-refractivity contribution in [3.8, 4) is 34.4 Å². The molecule has 166 valence electrons. The van der Waals surface area contributed by atoms with Gasteiger partial charge in [0.1, 0.15) is 22.6 Å². The Hall–Kier alpha value is -3.15. The molecule has 0 fully saturated rings. The molecule has 1 aliphatic rings. The second-order valence-corrected chi connectivity index (χ2v) is 8.43. The van der Waals surface area contributed by atoms with Gasteiger partial charge in [-0.2, -0.15) is 5.26 Å². The first kappa shape index (κ1) is 22.1. The summed E-state index contributed by atoms with van der Waals surface area (Å²) in [6.45, 7) is 1.61. The molecule has 0 unspecified atom stereocenters. The normalized spacial score (nSPS) is 13.3. The molecule has 0 N–H and O–H groups in total. The van der Waals surface area contributed by atoms with Crippen LogP contribution < -0.4 is 14.2 Å². The minimum absolute atomic E-state index is 0.529. The van der Waals surface area contributed by atoms with Gasteiger partial charge in [-0.1, -0.05) is 11.8 Å². The van der Waals surface area contributed by atoms with Crippen LogP contribution in [0.2, 0.25) is 0 Å². The predicted molar refractivity (Wildman–Crippen MR) is 122 cm³/mol. The van der Waals surface area contributed by atoms with E-state index in [2.05, 4.69) is 18.0 Å². The van der Waals surface area contributed by atoms with Gasteiger partial charge < -0.3 is 23.5 Å². The molecule has 3 heterocycles. The molecular weight excluding hydrogens is 426 g/mol. The van der Waals surface area contributed by atoms with Crippen molar-refractivity contribution in [3.05, 3.63) is 53.1 Å². The second-order valence-electron chi connectivity index (χ2n) is 7.47. The number of hydrogen-bond acceptors (Lipinski definition) is 8. The van der Waals surface area contributed by atoms with Gasteiger partial charge in [-0.15, -0.1) is 0 Å². The standard InChI is InChI=1S/C24H25N3O4S/c1-27-8-7-19-18(13-27)23(16-10-21(29-3)22(30-4)11-20(16)28-2)17(12-25)24(26-19)32-14-15-6-5-9-31-15/h5-6,9-11H,7-8,13-14H2,1-4H3. The molecular formula is C24H25N3O4S. The van der Waals surface area contributed by atoms with Crippen LogP contribution in [0, 0.1) is 11.3 Å². The van der Waals surface area contributed by atoms with Crippen molar-refractivity contribution < 1.29 is 18.6 Å². The largest absolute Gasteiger partial charge is 0.496 e. The Kier molecular flexibility index (Phi) is 6.58. The number of furan rings is 1. The Morgan fingerprint density at radius 2 is 1.91 bits per heavy atom. The van der Waals surface area contributed by atoms with Crippen LogP contribution in [0.5, 0.6) is 17.2 Å². The van der Waals surface area contributed by atoms with Crippen LogP contribution in [0.1, 0.15) is 22.6 Å². The zero-order valence-corrected chi connectivity index (χ0v) is 19.4. The molecule has 3 aromatic rings. The van der Waals surface area contributed by atoms with E-state index in [1.165, 1.54) is 11.8 Å². The molecule has 0 aliphatic carbocycles. The highest BCUT2D eigenvalue weighted by atomic mass is 32.2. The maximum Gasteiger partial charge on any atom is 0.164 e. The van der Waals surface area contributed by atoms with E-state index in [-0.39, 0.29) is 0 Å². The third-order valence-electron chi connectivity index (χ3n) is 5.53. The molecule has 2 aromatic heterocycles. The molecule has 0 amide bonds. The smallest absolute Gasteiger partial charge is 0.164 e. The molecule has 0 spiro atoms. The maximum atomic E-state index is 10.2. The van der Waals surface area contributed by atoms with Crippen molar-refractivity contribution in [2.75, 3.05) is 34.9 Å². The number of nitrogens with zero attached hydrogens (tertiary/aromatic N) is 3. The van der Waals surface area contributed by atoms with Gasteiger partial charge in [-0.3, -0.25) is 0 Å². The van der Waals surface area contributed by atoms with Gasteiger partial charge >= 0.3 is 0 Å². The van der Waals surface area contributed by atoms with E-state index in [9.17, 15) is 5.26 Å². The monoisotopic (exact) mass is 451 g/mol. The summed E-state index contributed by atoms with van der Waals surface area (Å²) >= 11 is 1.51.